The van der Waals surface area contributed by atoms with Gasteiger partial charge in [-0.1, -0.05) is 83.9 Å². The van der Waals surface area contributed by atoms with Gasteiger partial charge in [0.1, 0.15) is 0 Å². The Hall–Kier alpha value is -1.08. The standard InChI is InChI=1S/C19H23Br/c1-4-15(3)17-8-10-18(11-9-17)19(20)13-16-7-5-6-14(2)12-16/h5-12,15,19H,4,13H2,1-3H3. The first-order chi connectivity index (χ1) is 9.60. The fraction of sp³-hybridized carbons (Fsp3) is 0.368. The van der Waals surface area contributed by atoms with E-state index in [1.54, 1.807) is 0 Å². The van der Waals surface area contributed by atoms with E-state index in [4.69, 9.17) is 0 Å². The Morgan fingerprint density at radius 2 is 1.65 bits per heavy atom. The van der Waals surface area contributed by atoms with Crippen LogP contribution in [-0.4, -0.2) is 0 Å². The predicted molar refractivity (Wildman–Crippen MR) is 91.7 cm³/mol. The SMILES string of the molecule is CCC(C)c1ccc(C(Br)Cc2cccc(C)c2)cc1. The Morgan fingerprint density at radius 3 is 2.25 bits per heavy atom. The quantitative estimate of drug-likeness (QED) is 0.573. The van der Waals surface area contributed by atoms with Gasteiger partial charge in [-0.25, -0.2) is 0 Å². The number of hydrogen-bond acceptors (Lipinski definition) is 0. The van der Waals surface area contributed by atoms with Gasteiger partial charge in [0.25, 0.3) is 0 Å². The zero-order valence-corrected chi connectivity index (χ0v) is 14.2. The Labute approximate surface area is 131 Å². The molecule has 2 unspecified atom stereocenters. The summed E-state index contributed by atoms with van der Waals surface area (Å²) >= 11 is 3.83. The van der Waals surface area contributed by atoms with E-state index in [1.165, 1.54) is 28.7 Å². The Kier molecular flexibility index (Phi) is 5.42. The van der Waals surface area contributed by atoms with E-state index in [-0.39, 0.29) is 0 Å². The van der Waals surface area contributed by atoms with Crippen LogP contribution in [0.3, 0.4) is 0 Å². The van der Waals surface area contributed by atoms with Crippen molar-refractivity contribution in [2.24, 2.45) is 0 Å². The van der Waals surface area contributed by atoms with Crippen LogP contribution in [0.1, 0.15) is 53.3 Å². The average molecular weight is 331 g/mol. The molecule has 0 bridgehead atoms. The van der Waals surface area contributed by atoms with Crippen molar-refractivity contribution >= 4 is 15.9 Å². The van der Waals surface area contributed by atoms with Gasteiger partial charge in [-0.2, -0.15) is 0 Å². The van der Waals surface area contributed by atoms with E-state index in [2.05, 4.69) is 85.2 Å². The second kappa shape index (κ2) is 7.08. The van der Waals surface area contributed by atoms with Crippen molar-refractivity contribution in [3.63, 3.8) is 0 Å². The summed E-state index contributed by atoms with van der Waals surface area (Å²) in [7, 11) is 0. The van der Waals surface area contributed by atoms with E-state index in [1.807, 2.05) is 0 Å². The maximum atomic E-state index is 3.83. The topological polar surface area (TPSA) is 0 Å². The van der Waals surface area contributed by atoms with E-state index in [0.717, 1.165) is 6.42 Å². The maximum Gasteiger partial charge on any atom is 0.0435 e. The van der Waals surface area contributed by atoms with Gasteiger partial charge < -0.3 is 0 Å². The first-order valence-corrected chi connectivity index (χ1v) is 8.31. The highest BCUT2D eigenvalue weighted by Gasteiger charge is 2.10. The van der Waals surface area contributed by atoms with Gasteiger partial charge in [-0.15, -0.1) is 0 Å². The number of benzene rings is 2. The van der Waals surface area contributed by atoms with Crippen LogP contribution in [0.5, 0.6) is 0 Å². The molecule has 0 radical (unpaired) electrons. The van der Waals surface area contributed by atoms with Gasteiger partial charge in [0.15, 0.2) is 0 Å². The lowest BCUT2D eigenvalue weighted by molar-refractivity contribution is 0.733. The van der Waals surface area contributed by atoms with Crippen LogP contribution < -0.4 is 0 Å². The molecule has 0 spiro atoms. The Balaban J connectivity index is 2.07. The number of hydrogen-bond donors (Lipinski definition) is 0. The van der Waals surface area contributed by atoms with E-state index in [0.29, 0.717) is 10.7 Å². The maximum absolute atomic E-state index is 3.83. The van der Waals surface area contributed by atoms with Crippen LogP contribution in [0.4, 0.5) is 0 Å². The molecule has 0 saturated heterocycles. The van der Waals surface area contributed by atoms with Crippen molar-refractivity contribution < 1.29 is 0 Å². The van der Waals surface area contributed by atoms with Gasteiger partial charge in [0.05, 0.1) is 0 Å². The summed E-state index contributed by atoms with van der Waals surface area (Å²) < 4.78 is 0. The molecule has 0 aliphatic carbocycles. The molecule has 0 saturated carbocycles. The Morgan fingerprint density at radius 1 is 1.00 bits per heavy atom. The molecule has 0 N–H and O–H groups in total. The lowest BCUT2D eigenvalue weighted by Gasteiger charge is -2.14. The number of alkyl halides is 1. The molecule has 1 heteroatoms. The summed E-state index contributed by atoms with van der Waals surface area (Å²) in [6, 6.07) is 17.8. The van der Waals surface area contributed by atoms with Crippen LogP contribution in [-0.2, 0) is 6.42 Å². The highest BCUT2D eigenvalue weighted by Crippen LogP contribution is 2.29. The summed E-state index contributed by atoms with van der Waals surface area (Å²) in [6.07, 6.45) is 2.23. The monoisotopic (exact) mass is 330 g/mol. The fourth-order valence-electron chi connectivity index (χ4n) is 2.43. The molecule has 2 atom stereocenters. The highest BCUT2D eigenvalue weighted by molar-refractivity contribution is 9.09. The molecule has 0 aromatic heterocycles. The number of rotatable bonds is 5. The zero-order valence-electron chi connectivity index (χ0n) is 12.6. The summed E-state index contributed by atoms with van der Waals surface area (Å²) in [5, 5.41) is 0. The lowest BCUT2D eigenvalue weighted by Crippen LogP contribution is -1.97. The number of halogens is 1. The van der Waals surface area contributed by atoms with Crippen molar-refractivity contribution in [1.82, 2.24) is 0 Å². The van der Waals surface area contributed by atoms with Crippen LogP contribution in [0.15, 0.2) is 48.5 Å². The normalized spacial score (nSPS) is 14.0. The molecular formula is C19H23Br. The van der Waals surface area contributed by atoms with Gasteiger partial charge in [-0.05, 0) is 42.4 Å². The van der Waals surface area contributed by atoms with Gasteiger partial charge in [-0.3, -0.25) is 0 Å². The van der Waals surface area contributed by atoms with Gasteiger partial charge in [0, 0.05) is 4.83 Å². The third kappa shape index (κ3) is 3.96. The second-order valence-electron chi connectivity index (χ2n) is 5.64. The summed E-state index contributed by atoms with van der Waals surface area (Å²) in [6.45, 7) is 6.67. The molecule has 2 aromatic rings. The van der Waals surface area contributed by atoms with Crippen LogP contribution >= 0.6 is 15.9 Å². The fourth-order valence-corrected chi connectivity index (χ4v) is 3.11. The van der Waals surface area contributed by atoms with E-state index in [9.17, 15) is 0 Å². The van der Waals surface area contributed by atoms with Crippen LogP contribution in [0, 0.1) is 6.92 Å². The second-order valence-corrected chi connectivity index (χ2v) is 6.74. The minimum atomic E-state index is 0.385. The molecule has 0 nitrogen and oxygen atoms in total. The van der Waals surface area contributed by atoms with Gasteiger partial charge in [0.2, 0.25) is 0 Å². The van der Waals surface area contributed by atoms with E-state index < -0.39 is 0 Å². The molecule has 2 aromatic carbocycles. The average Bonchev–Trinajstić information content (AvgIpc) is 2.46. The summed E-state index contributed by atoms with van der Waals surface area (Å²) in [5.74, 6) is 0.648. The van der Waals surface area contributed by atoms with Gasteiger partial charge >= 0.3 is 0 Å². The molecule has 0 fully saturated rings. The molecule has 0 aliphatic rings. The van der Waals surface area contributed by atoms with Crippen LogP contribution in [0.2, 0.25) is 0 Å². The molecular weight excluding hydrogens is 308 g/mol. The Bertz CT molecular complexity index is 542. The molecule has 0 heterocycles. The van der Waals surface area contributed by atoms with E-state index >= 15 is 0 Å². The lowest BCUT2D eigenvalue weighted by atomic mass is 9.96. The van der Waals surface area contributed by atoms with Crippen LogP contribution in [0.25, 0.3) is 0 Å². The first-order valence-electron chi connectivity index (χ1n) is 7.39. The number of aryl methyl sites for hydroxylation is 1. The molecule has 20 heavy (non-hydrogen) atoms. The molecule has 106 valence electrons. The predicted octanol–water partition coefficient (Wildman–Crippen LogP) is 6.19. The minimum absolute atomic E-state index is 0.385. The third-order valence-corrected chi connectivity index (χ3v) is 4.83. The minimum Gasteiger partial charge on any atom is -0.0835 e. The van der Waals surface area contributed by atoms with Crippen molar-refractivity contribution in [3.8, 4) is 0 Å². The molecule has 2 rings (SSSR count). The van der Waals surface area contributed by atoms with Crippen molar-refractivity contribution in [2.45, 2.75) is 44.4 Å². The summed E-state index contributed by atoms with van der Waals surface area (Å²) in [4.78, 5) is 0.385. The summed E-state index contributed by atoms with van der Waals surface area (Å²) in [5.41, 5.74) is 5.51. The third-order valence-electron chi connectivity index (χ3n) is 3.98. The van der Waals surface area contributed by atoms with Crippen molar-refractivity contribution in [1.29, 1.82) is 0 Å². The first kappa shape index (κ1) is 15.3. The molecule has 0 aliphatic heterocycles. The van der Waals surface area contributed by atoms with Crippen molar-refractivity contribution in [3.05, 3.63) is 70.8 Å². The largest absolute Gasteiger partial charge is 0.0835 e. The smallest absolute Gasteiger partial charge is 0.0435 e. The van der Waals surface area contributed by atoms with Crippen molar-refractivity contribution in [2.75, 3.05) is 0 Å². The highest BCUT2D eigenvalue weighted by atomic mass is 79.9. The zero-order chi connectivity index (χ0) is 14.5. The molecule has 0 amide bonds.